The van der Waals surface area contributed by atoms with E-state index < -0.39 is 12.3 Å². The number of nitrogens with zero attached hydrogens (tertiary/aromatic N) is 1. The van der Waals surface area contributed by atoms with E-state index in [1.807, 2.05) is 0 Å². The number of halogens is 3. The van der Waals surface area contributed by atoms with Crippen LogP contribution in [0.4, 0.5) is 8.78 Å². The van der Waals surface area contributed by atoms with Gasteiger partial charge in [0.15, 0.2) is 0 Å². The van der Waals surface area contributed by atoms with Crippen LogP contribution in [0, 0.1) is 5.92 Å². The van der Waals surface area contributed by atoms with E-state index in [4.69, 9.17) is 0 Å². The van der Waals surface area contributed by atoms with Crippen LogP contribution in [0.25, 0.3) is 0 Å². The van der Waals surface area contributed by atoms with Gasteiger partial charge in [0, 0.05) is 23.1 Å². The molecule has 86 valence electrons. The van der Waals surface area contributed by atoms with Crippen molar-refractivity contribution in [1.82, 2.24) is 4.90 Å². The van der Waals surface area contributed by atoms with Gasteiger partial charge in [0.2, 0.25) is 6.43 Å². The summed E-state index contributed by atoms with van der Waals surface area (Å²) < 4.78 is 25.3. The van der Waals surface area contributed by atoms with E-state index in [0.717, 1.165) is 4.47 Å². The van der Waals surface area contributed by atoms with Gasteiger partial charge in [-0.25, -0.2) is 8.78 Å². The fourth-order valence-corrected chi connectivity index (χ4v) is 1.88. The van der Waals surface area contributed by atoms with E-state index in [0.29, 0.717) is 5.56 Å². The molecule has 1 aliphatic heterocycles. The van der Waals surface area contributed by atoms with Crippen LogP contribution in [0.15, 0.2) is 28.7 Å². The van der Waals surface area contributed by atoms with Crippen LogP contribution < -0.4 is 0 Å². The molecular weight excluding hydrogens is 280 g/mol. The average Bonchev–Trinajstić information content (AvgIpc) is 2.15. The molecule has 0 bridgehead atoms. The van der Waals surface area contributed by atoms with Gasteiger partial charge < -0.3 is 4.90 Å². The molecule has 2 rings (SSSR count). The van der Waals surface area contributed by atoms with Gasteiger partial charge in [0.25, 0.3) is 5.91 Å². The predicted octanol–water partition coefficient (Wildman–Crippen LogP) is 2.79. The molecule has 1 aromatic carbocycles. The molecule has 0 N–H and O–H groups in total. The molecule has 16 heavy (non-hydrogen) atoms. The van der Waals surface area contributed by atoms with Crippen LogP contribution in [0.2, 0.25) is 0 Å². The number of amides is 1. The zero-order chi connectivity index (χ0) is 11.7. The van der Waals surface area contributed by atoms with Gasteiger partial charge in [0.05, 0.1) is 5.92 Å². The molecule has 0 aromatic heterocycles. The van der Waals surface area contributed by atoms with Crippen LogP contribution in [0.5, 0.6) is 0 Å². The van der Waals surface area contributed by atoms with Gasteiger partial charge in [-0.15, -0.1) is 0 Å². The van der Waals surface area contributed by atoms with Crippen LogP contribution in [-0.2, 0) is 0 Å². The standard InChI is InChI=1S/C11H10BrF2NO/c12-9-3-1-7(2-4-9)11(16)15-5-8(6-15)10(13)14/h1-4,8,10H,5-6H2. The Labute approximate surface area is 100 Å². The highest BCUT2D eigenvalue weighted by Gasteiger charge is 2.36. The van der Waals surface area contributed by atoms with Crippen molar-refractivity contribution in [2.45, 2.75) is 6.43 Å². The Hall–Kier alpha value is -0.970. The molecule has 2 nitrogen and oxygen atoms in total. The first-order valence-electron chi connectivity index (χ1n) is 4.91. The van der Waals surface area contributed by atoms with Crippen molar-refractivity contribution in [1.29, 1.82) is 0 Å². The monoisotopic (exact) mass is 289 g/mol. The number of carbonyl (C=O) groups excluding carboxylic acids is 1. The van der Waals surface area contributed by atoms with Crippen LogP contribution in [-0.4, -0.2) is 30.3 Å². The SMILES string of the molecule is O=C(c1ccc(Br)cc1)N1CC(C(F)F)C1. The molecule has 0 saturated carbocycles. The van der Waals surface area contributed by atoms with Crippen molar-refractivity contribution in [3.8, 4) is 0 Å². The summed E-state index contributed by atoms with van der Waals surface area (Å²) in [7, 11) is 0. The van der Waals surface area contributed by atoms with Crippen LogP contribution in [0.1, 0.15) is 10.4 Å². The fourth-order valence-electron chi connectivity index (χ4n) is 1.61. The van der Waals surface area contributed by atoms with Gasteiger partial charge in [-0.05, 0) is 24.3 Å². The molecule has 1 heterocycles. The zero-order valence-corrected chi connectivity index (χ0v) is 9.95. The lowest BCUT2D eigenvalue weighted by molar-refractivity contribution is -0.0152. The topological polar surface area (TPSA) is 20.3 Å². The third-order valence-electron chi connectivity index (χ3n) is 2.64. The largest absolute Gasteiger partial charge is 0.338 e. The molecule has 1 aromatic rings. The zero-order valence-electron chi connectivity index (χ0n) is 8.37. The number of rotatable bonds is 2. The summed E-state index contributed by atoms with van der Waals surface area (Å²) in [5, 5.41) is 0. The van der Waals surface area contributed by atoms with Crippen LogP contribution in [0.3, 0.4) is 0 Å². The summed E-state index contributed by atoms with van der Waals surface area (Å²) in [4.78, 5) is 13.2. The third kappa shape index (κ3) is 2.24. The maximum absolute atomic E-state index is 12.2. The van der Waals surface area contributed by atoms with Crippen LogP contribution >= 0.6 is 15.9 Å². The molecule has 0 aliphatic carbocycles. The van der Waals surface area contributed by atoms with Crippen molar-refractivity contribution < 1.29 is 13.6 Å². The highest BCUT2D eigenvalue weighted by Crippen LogP contribution is 2.24. The van der Waals surface area contributed by atoms with E-state index in [-0.39, 0.29) is 19.0 Å². The molecule has 1 aliphatic rings. The van der Waals surface area contributed by atoms with Gasteiger partial charge >= 0.3 is 0 Å². The smallest absolute Gasteiger partial charge is 0.253 e. The third-order valence-corrected chi connectivity index (χ3v) is 3.17. The number of hydrogen-bond donors (Lipinski definition) is 0. The Morgan fingerprint density at radius 2 is 1.88 bits per heavy atom. The first kappa shape index (κ1) is 11.5. The first-order valence-corrected chi connectivity index (χ1v) is 5.70. The molecule has 1 fully saturated rings. The second-order valence-corrected chi connectivity index (χ2v) is 4.73. The van der Waals surface area contributed by atoms with Crippen molar-refractivity contribution in [2.24, 2.45) is 5.92 Å². The summed E-state index contributed by atoms with van der Waals surface area (Å²) in [6, 6.07) is 6.89. The van der Waals surface area contributed by atoms with E-state index in [1.165, 1.54) is 4.90 Å². The fraction of sp³-hybridized carbons (Fsp3) is 0.364. The lowest BCUT2D eigenvalue weighted by Crippen LogP contribution is -2.52. The number of likely N-dealkylation sites (tertiary alicyclic amines) is 1. The minimum Gasteiger partial charge on any atom is -0.338 e. The number of carbonyl (C=O) groups is 1. The Bertz CT molecular complexity index is 387. The molecule has 1 amide bonds. The summed E-state index contributed by atoms with van der Waals surface area (Å²) >= 11 is 3.27. The van der Waals surface area contributed by atoms with E-state index in [2.05, 4.69) is 15.9 Å². The summed E-state index contributed by atoms with van der Waals surface area (Å²) in [5.74, 6) is -0.830. The molecule has 0 unspecified atom stereocenters. The molecule has 0 radical (unpaired) electrons. The van der Waals surface area contributed by atoms with Crippen molar-refractivity contribution >= 4 is 21.8 Å². The normalized spacial score (nSPS) is 16.4. The van der Waals surface area contributed by atoms with Gasteiger partial charge in [-0.1, -0.05) is 15.9 Å². The first-order chi connectivity index (χ1) is 7.58. The number of alkyl halides is 2. The maximum atomic E-state index is 12.2. The lowest BCUT2D eigenvalue weighted by Gasteiger charge is -2.38. The Morgan fingerprint density at radius 3 is 2.38 bits per heavy atom. The van der Waals surface area contributed by atoms with E-state index in [9.17, 15) is 13.6 Å². The number of benzene rings is 1. The summed E-state index contributed by atoms with van der Waals surface area (Å²) in [5.41, 5.74) is 0.538. The average molecular weight is 290 g/mol. The molecule has 1 saturated heterocycles. The van der Waals surface area contributed by atoms with Crippen molar-refractivity contribution in [2.75, 3.05) is 13.1 Å². The second-order valence-electron chi connectivity index (χ2n) is 3.81. The second kappa shape index (κ2) is 4.49. The van der Waals surface area contributed by atoms with Gasteiger partial charge in [-0.3, -0.25) is 4.79 Å². The molecular formula is C11H10BrF2NO. The number of hydrogen-bond acceptors (Lipinski definition) is 1. The summed E-state index contributed by atoms with van der Waals surface area (Å²) in [6.07, 6.45) is -2.33. The maximum Gasteiger partial charge on any atom is 0.253 e. The van der Waals surface area contributed by atoms with Gasteiger partial charge in [0.1, 0.15) is 0 Å². The van der Waals surface area contributed by atoms with E-state index >= 15 is 0 Å². The quantitative estimate of drug-likeness (QED) is 0.820. The molecule has 0 spiro atoms. The molecule has 5 heteroatoms. The Kier molecular flexibility index (Phi) is 3.23. The van der Waals surface area contributed by atoms with Gasteiger partial charge in [-0.2, -0.15) is 0 Å². The highest BCUT2D eigenvalue weighted by molar-refractivity contribution is 9.10. The van der Waals surface area contributed by atoms with E-state index in [1.54, 1.807) is 24.3 Å². The Morgan fingerprint density at radius 1 is 1.31 bits per heavy atom. The summed E-state index contributed by atoms with van der Waals surface area (Å²) in [6.45, 7) is 0.319. The lowest BCUT2D eigenvalue weighted by atomic mass is 9.99. The Balaban J connectivity index is 1.97. The van der Waals surface area contributed by atoms with Crippen molar-refractivity contribution in [3.05, 3.63) is 34.3 Å². The minimum absolute atomic E-state index is 0.159. The minimum atomic E-state index is -2.33. The molecule has 0 atom stereocenters. The van der Waals surface area contributed by atoms with Crippen molar-refractivity contribution in [3.63, 3.8) is 0 Å². The highest BCUT2D eigenvalue weighted by atomic mass is 79.9. The predicted molar refractivity (Wildman–Crippen MR) is 59.5 cm³/mol.